The number of ether oxygens (including phenoxy) is 1. The van der Waals surface area contributed by atoms with E-state index in [0.717, 1.165) is 18.4 Å². The largest absolute Gasteiger partial charge is 0.474 e. The summed E-state index contributed by atoms with van der Waals surface area (Å²) in [6, 6.07) is 0. The second-order valence-corrected chi connectivity index (χ2v) is 3.36. The molecule has 4 heteroatoms. The van der Waals surface area contributed by atoms with Gasteiger partial charge in [-0.25, -0.2) is 9.97 Å². The van der Waals surface area contributed by atoms with E-state index in [4.69, 9.17) is 10.5 Å². The third kappa shape index (κ3) is 1.56. The van der Waals surface area contributed by atoms with Crippen LogP contribution >= 0.6 is 0 Å². The van der Waals surface area contributed by atoms with E-state index in [1.54, 1.807) is 0 Å². The van der Waals surface area contributed by atoms with Crippen LogP contribution in [0, 0.1) is 6.92 Å². The van der Waals surface area contributed by atoms with Gasteiger partial charge in [0, 0.05) is 0 Å². The highest BCUT2D eigenvalue weighted by molar-refractivity contribution is 5.43. The maximum absolute atomic E-state index is 5.63. The summed E-state index contributed by atoms with van der Waals surface area (Å²) in [5, 5.41) is 0. The molecule has 1 saturated carbocycles. The van der Waals surface area contributed by atoms with Gasteiger partial charge in [0.05, 0.1) is 5.56 Å². The highest BCUT2D eigenvalue weighted by atomic mass is 16.5. The van der Waals surface area contributed by atoms with Crippen molar-refractivity contribution in [2.75, 3.05) is 5.73 Å². The molecule has 0 bridgehead atoms. The topological polar surface area (TPSA) is 61.0 Å². The first-order chi connectivity index (χ1) is 6.27. The number of nitrogens with zero attached hydrogens (tertiary/aromatic N) is 2. The molecule has 1 aromatic rings. The molecule has 70 valence electrons. The third-order valence-electron chi connectivity index (χ3n) is 2.41. The van der Waals surface area contributed by atoms with Crippen molar-refractivity contribution in [2.45, 2.75) is 32.3 Å². The van der Waals surface area contributed by atoms with Crippen LogP contribution in [0.3, 0.4) is 0 Å². The molecule has 13 heavy (non-hydrogen) atoms. The molecule has 1 aliphatic carbocycles. The molecule has 1 aromatic heterocycles. The van der Waals surface area contributed by atoms with E-state index in [-0.39, 0.29) is 0 Å². The molecular formula is C9H13N3O. The second kappa shape index (κ2) is 3.20. The molecule has 0 unspecified atom stereocenters. The van der Waals surface area contributed by atoms with Crippen molar-refractivity contribution in [3.8, 4) is 5.88 Å². The van der Waals surface area contributed by atoms with Crippen molar-refractivity contribution in [3.63, 3.8) is 0 Å². The Morgan fingerprint density at radius 1 is 1.46 bits per heavy atom. The molecule has 2 rings (SSSR count). The predicted molar refractivity (Wildman–Crippen MR) is 49.4 cm³/mol. The fourth-order valence-electron chi connectivity index (χ4n) is 1.21. The fourth-order valence-corrected chi connectivity index (χ4v) is 1.21. The number of nitrogens with two attached hydrogens (primary N) is 1. The average molecular weight is 179 g/mol. The number of hydrogen-bond donors (Lipinski definition) is 1. The zero-order valence-electron chi connectivity index (χ0n) is 7.66. The zero-order valence-corrected chi connectivity index (χ0v) is 7.66. The number of aromatic nitrogens is 2. The van der Waals surface area contributed by atoms with Gasteiger partial charge in [-0.05, 0) is 26.2 Å². The number of hydrogen-bond acceptors (Lipinski definition) is 4. The van der Waals surface area contributed by atoms with Crippen molar-refractivity contribution in [1.29, 1.82) is 0 Å². The van der Waals surface area contributed by atoms with E-state index in [2.05, 4.69) is 9.97 Å². The van der Waals surface area contributed by atoms with Crippen LogP contribution in [-0.2, 0) is 0 Å². The smallest absolute Gasteiger partial charge is 0.221 e. The molecule has 0 spiro atoms. The SMILES string of the molecule is Cc1c(N)ncnc1OC1CCC1. The van der Waals surface area contributed by atoms with E-state index < -0.39 is 0 Å². The van der Waals surface area contributed by atoms with E-state index >= 15 is 0 Å². The van der Waals surface area contributed by atoms with Gasteiger partial charge >= 0.3 is 0 Å². The van der Waals surface area contributed by atoms with Crippen molar-refractivity contribution in [3.05, 3.63) is 11.9 Å². The van der Waals surface area contributed by atoms with Crippen molar-refractivity contribution in [1.82, 2.24) is 9.97 Å². The molecular weight excluding hydrogens is 166 g/mol. The third-order valence-corrected chi connectivity index (χ3v) is 2.41. The van der Waals surface area contributed by atoms with Crippen LogP contribution in [0.25, 0.3) is 0 Å². The lowest BCUT2D eigenvalue weighted by molar-refractivity contribution is 0.113. The highest BCUT2D eigenvalue weighted by Gasteiger charge is 2.20. The van der Waals surface area contributed by atoms with Crippen molar-refractivity contribution >= 4 is 5.82 Å². The van der Waals surface area contributed by atoms with Gasteiger partial charge in [0.1, 0.15) is 18.2 Å². The fraction of sp³-hybridized carbons (Fsp3) is 0.556. The minimum Gasteiger partial charge on any atom is -0.474 e. The summed E-state index contributed by atoms with van der Waals surface area (Å²) in [4.78, 5) is 7.92. The maximum Gasteiger partial charge on any atom is 0.221 e. The highest BCUT2D eigenvalue weighted by Crippen LogP contribution is 2.26. The van der Waals surface area contributed by atoms with Gasteiger partial charge in [0.2, 0.25) is 5.88 Å². The lowest BCUT2D eigenvalue weighted by Crippen LogP contribution is -2.25. The van der Waals surface area contributed by atoms with Crippen LogP contribution in [0.5, 0.6) is 5.88 Å². The molecule has 1 aliphatic rings. The summed E-state index contributed by atoms with van der Waals surface area (Å²) in [6.07, 6.45) is 5.29. The Kier molecular flexibility index (Phi) is 2.04. The van der Waals surface area contributed by atoms with E-state index in [1.807, 2.05) is 6.92 Å². The number of nitrogen functional groups attached to an aromatic ring is 1. The second-order valence-electron chi connectivity index (χ2n) is 3.36. The Morgan fingerprint density at radius 2 is 2.23 bits per heavy atom. The van der Waals surface area contributed by atoms with Crippen LogP contribution in [0.4, 0.5) is 5.82 Å². The predicted octanol–water partition coefficient (Wildman–Crippen LogP) is 1.30. The molecule has 0 aromatic carbocycles. The van der Waals surface area contributed by atoms with Crippen LogP contribution in [-0.4, -0.2) is 16.1 Å². The summed E-state index contributed by atoms with van der Waals surface area (Å²) in [7, 11) is 0. The number of rotatable bonds is 2. The van der Waals surface area contributed by atoms with Gasteiger partial charge in [0.25, 0.3) is 0 Å². The summed E-state index contributed by atoms with van der Waals surface area (Å²) >= 11 is 0. The molecule has 0 aliphatic heterocycles. The molecule has 1 fully saturated rings. The minimum atomic E-state index is 0.341. The van der Waals surface area contributed by atoms with E-state index in [9.17, 15) is 0 Å². The van der Waals surface area contributed by atoms with Crippen LogP contribution in [0.2, 0.25) is 0 Å². The quantitative estimate of drug-likeness (QED) is 0.743. The summed E-state index contributed by atoms with van der Waals surface area (Å²) < 4.78 is 5.63. The Bertz CT molecular complexity index is 310. The minimum absolute atomic E-state index is 0.341. The lowest BCUT2D eigenvalue weighted by atomic mass is 9.96. The standard InChI is InChI=1S/C9H13N3O/c1-6-8(10)11-5-12-9(6)13-7-3-2-4-7/h5,7H,2-4H2,1H3,(H2,10,11,12). The van der Waals surface area contributed by atoms with Crippen molar-refractivity contribution in [2.24, 2.45) is 0 Å². The van der Waals surface area contributed by atoms with Crippen molar-refractivity contribution < 1.29 is 4.74 Å². The molecule has 2 N–H and O–H groups in total. The normalized spacial score (nSPS) is 16.7. The monoisotopic (exact) mass is 179 g/mol. The molecule has 1 heterocycles. The van der Waals surface area contributed by atoms with Crippen LogP contribution < -0.4 is 10.5 Å². The molecule has 4 nitrogen and oxygen atoms in total. The summed E-state index contributed by atoms with van der Waals surface area (Å²) in [5.74, 6) is 1.14. The van der Waals surface area contributed by atoms with Gasteiger partial charge < -0.3 is 10.5 Å². The van der Waals surface area contributed by atoms with Gasteiger partial charge in [-0.3, -0.25) is 0 Å². The van der Waals surface area contributed by atoms with Gasteiger partial charge in [0.15, 0.2) is 0 Å². The Balaban J connectivity index is 2.14. The first-order valence-corrected chi connectivity index (χ1v) is 4.51. The lowest BCUT2D eigenvalue weighted by Gasteiger charge is -2.26. The first-order valence-electron chi connectivity index (χ1n) is 4.51. The van der Waals surface area contributed by atoms with E-state index in [0.29, 0.717) is 17.8 Å². The maximum atomic E-state index is 5.63. The van der Waals surface area contributed by atoms with Gasteiger partial charge in [-0.15, -0.1) is 0 Å². The molecule has 0 atom stereocenters. The van der Waals surface area contributed by atoms with Crippen LogP contribution in [0.15, 0.2) is 6.33 Å². The molecule has 0 saturated heterocycles. The van der Waals surface area contributed by atoms with Crippen LogP contribution in [0.1, 0.15) is 24.8 Å². The molecule has 0 amide bonds. The Labute approximate surface area is 77.1 Å². The summed E-state index contributed by atoms with van der Waals surface area (Å²) in [6.45, 7) is 1.88. The summed E-state index contributed by atoms with van der Waals surface area (Å²) in [5.41, 5.74) is 6.47. The molecule has 0 radical (unpaired) electrons. The first kappa shape index (κ1) is 8.29. The van der Waals surface area contributed by atoms with E-state index in [1.165, 1.54) is 12.7 Å². The Morgan fingerprint density at radius 3 is 2.85 bits per heavy atom. The van der Waals surface area contributed by atoms with Gasteiger partial charge in [-0.2, -0.15) is 0 Å². The number of anilines is 1. The zero-order chi connectivity index (χ0) is 9.26. The van der Waals surface area contributed by atoms with Gasteiger partial charge in [-0.1, -0.05) is 0 Å². The Hall–Kier alpha value is -1.32. The average Bonchev–Trinajstić information content (AvgIpc) is 2.04.